The Kier molecular flexibility index (Phi) is 5.48. The monoisotopic (exact) mass is 423 g/mol. The topological polar surface area (TPSA) is 64.9 Å². The minimum absolute atomic E-state index is 0.124. The molecule has 0 amide bonds. The van der Waals surface area contributed by atoms with E-state index >= 15 is 0 Å². The summed E-state index contributed by atoms with van der Waals surface area (Å²) in [4.78, 5) is 7.99. The van der Waals surface area contributed by atoms with Gasteiger partial charge in [-0.05, 0) is 38.7 Å². The highest BCUT2D eigenvalue weighted by atomic mass is 19.4. The number of hydrogen-bond donors (Lipinski definition) is 1. The predicted octanol–water partition coefficient (Wildman–Crippen LogP) is 4.98. The fourth-order valence-corrected chi connectivity index (χ4v) is 3.80. The van der Waals surface area contributed by atoms with Gasteiger partial charge in [0.2, 0.25) is 0 Å². The molecule has 0 unspecified atom stereocenters. The molecule has 3 heterocycles. The first-order chi connectivity index (χ1) is 14.4. The van der Waals surface area contributed by atoms with Crippen molar-refractivity contribution in [3.05, 3.63) is 42.1 Å². The summed E-state index contributed by atoms with van der Waals surface area (Å²) in [5.74, 6) is -1.29. The molecule has 0 saturated heterocycles. The standard InChI is InChI=1S/C20H21F4N5O/c1-2-25-17-9-16-12(10-27-17)11-28-29(16)13-3-5-14(6-4-13)30-19-18(21)15(7-8-26-19)20(22,23)24/h7-11,13-14H,2-6H2,1H3,(H,25,27). The third-order valence-electron chi connectivity index (χ3n) is 5.27. The van der Waals surface area contributed by atoms with Gasteiger partial charge < -0.3 is 10.1 Å². The van der Waals surface area contributed by atoms with Gasteiger partial charge in [-0.3, -0.25) is 4.68 Å². The van der Waals surface area contributed by atoms with Crippen LogP contribution in [0.2, 0.25) is 0 Å². The average molecular weight is 423 g/mol. The maximum Gasteiger partial charge on any atom is 0.419 e. The fourth-order valence-electron chi connectivity index (χ4n) is 3.80. The maximum atomic E-state index is 14.2. The highest BCUT2D eigenvalue weighted by Crippen LogP contribution is 2.36. The van der Waals surface area contributed by atoms with Crippen LogP contribution in [0.25, 0.3) is 10.9 Å². The van der Waals surface area contributed by atoms with Crippen LogP contribution >= 0.6 is 0 Å². The van der Waals surface area contributed by atoms with Crippen molar-refractivity contribution >= 4 is 16.7 Å². The first kappa shape index (κ1) is 20.4. The molecule has 0 bridgehead atoms. The first-order valence-corrected chi connectivity index (χ1v) is 9.82. The zero-order valence-electron chi connectivity index (χ0n) is 16.3. The maximum absolute atomic E-state index is 14.2. The number of ether oxygens (including phenoxy) is 1. The van der Waals surface area contributed by atoms with Crippen molar-refractivity contribution in [2.24, 2.45) is 0 Å². The number of nitrogens with one attached hydrogen (secondary N) is 1. The Morgan fingerprint density at radius 3 is 2.63 bits per heavy atom. The second-order valence-corrected chi connectivity index (χ2v) is 7.27. The van der Waals surface area contributed by atoms with Gasteiger partial charge >= 0.3 is 6.18 Å². The van der Waals surface area contributed by atoms with Gasteiger partial charge in [-0.2, -0.15) is 18.3 Å². The Morgan fingerprint density at radius 2 is 1.93 bits per heavy atom. The Morgan fingerprint density at radius 1 is 1.17 bits per heavy atom. The Bertz CT molecular complexity index is 1030. The van der Waals surface area contributed by atoms with E-state index in [2.05, 4.69) is 20.4 Å². The van der Waals surface area contributed by atoms with Crippen LogP contribution in [0.5, 0.6) is 5.88 Å². The second kappa shape index (κ2) is 8.08. The molecule has 6 nitrogen and oxygen atoms in total. The molecule has 160 valence electrons. The number of alkyl halides is 3. The molecule has 3 aromatic rings. The van der Waals surface area contributed by atoms with Crippen LogP contribution in [-0.2, 0) is 6.18 Å². The van der Waals surface area contributed by atoms with Crippen LogP contribution in [-0.4, -0.2) is 32.4 Å². The van der Waals surface area contributed by atoms with E-state index in [1.807, 2.05) is 17.7 Å². The van der Waals surface area contributed by atoms with E-state index in [9.17, 15) is 17.6 Å². The zero-order valence-corrected chi connectivity index (χ0v) is 16.3. The third-order valence-corrected chi connectivity index (χ3v) is 5.27. The summed E-state index contributed by atoms with van der Waals surface area (Å²) in [7, 11) is 0. The number of nitrogens with zero attached hydrogens (tertiary/aromatic N) is 4. The van der Waals surface area contributed by atoms with Crippen molar-refractivity contribution in [2.45, 2.75) is 50.9 Å². The van der Waals surface area contributed by atoms with Crippen molar-refractivity contribution in [3.8, 4) is 5.88 Å². The molecule has 0 aliphatic heterocycles. The Balaban J connectivity index is 1.45. The molecule has 10 heteroatoms. The molecule has 1 aliphatic carbocycles. The quantitative estimate of drug-likeness (QED) is 0.587. The fraction of sp³-hybridized carbons (Fsp3) is 0.450. The lowest BCUT2D eigenvalue weighted by molar-refractivity contribution is -0.140. The lowest BCUT2D eigenvalue weighted by Crippen LogP contribution is -2.27. The molecule has 1 N–H and O–H groups in total. The van der Waals surface area contributed by atoms with Crippen molar-refractivity contribution in [3.63, 3.8) is 0 Å². The number of pyridine rings is 2. The number of hydrogen-bond acceptors (Lipinski definition) is 5. The molecular weight excluding hydrogens is 402 g/mol. The molecule has 0 aromatic carbocycles. The summed E-state index contributed by atoms with van der Waals surface area (Å²) in [5, 5.41) is 8.61. The van der Waals surface area contributed by atoms with E-state index in [1.165, 1.54) is 0 Å². The van der Waals surface area contributed by atoms with Gasteiger partial charge in [0.1, 0.15) is 11.9 Å². The van der Waals surface area contributed by atoms with Crippen molar-refractivity contribution in [2.75, 3.05) is 11.9 Å². The zero-order chi connectivity index (χ0) is 21.3. The number of fused-ring (bicyclic) bond motifs is 1. The normalized spacial score (nSPS) is 19.8. The van der Waals surface area contributed by atoms with Crippen LogP contribution in [0, 0.1) is 5.82 Å². The Labute approximate surface area is 170 Å². The average Bonchev–Trinajstić information content (AvgIpc) is 3.13. The number of aromatic nitrogens is 4. The van der Waals surface area contributed by atoms with Crippen LogP contribution in [0.4, 0.5) is 23.4 Å². The van der Waals surface area contributed by atoms with Gasteiger partial charge in [0.05, 0.1) is 23.3 Å². The molecule has 1 aliphatic rings. The third kappa shape index (κ3) is 4.03. The SMILES string of the molecule is CCNc1cc2c(cn1)cnn2C1CCC(Oc2nccc(C(F)(F)F)c2F)CC1. The molecule has 0 atom stereocenters. The highest BCUT2D eigenvalue weighted by Gasteiger charge is 2.36. The van der Waals surface area contributed by atoms with Gasteiger partial charge in [-0.15, -0.1) is 0 Å². The number of halogens is 4. The molecule has 0 spiro atoms. The molecule has 1 fully saturated rings. The predicted molar refractivity (Wildman–Crippen MR) is 103 cm³/mol. The summed E-state index contributed by atoms with van der Waals surface area (Å²) in [5.41, 5.74) is -0.398. The summed E-state index contributed by atoms with van der Waals surface area (Å²) >= 11 is 0. The number of anilines is 1. The molecule has 0 radical (unpaired) electrons. The molecule has 1 saturated carbocycles. The van der Waals surface area contributed by atoms with Crippen LogP contribution in [0.15, 0.2) is 30.7 Å². The van der Waals surface area contributed by atoms with Crippen LogP contribution in [0.1, 0.15) is 44.2 Å². The van der Waals surface area contributed by atoms with Gasteiger partial charge in [0, 0.05) is 30.4 Å². The minimum Gasteiger partial charge on any atom is -0.472 e. The first-order valence-electron chi connectivity index (χ1n) is 9.82. The van der Waals surface area contributed by atoms with E-state index in [4.69, 9.17) is 4.74 Å². The molecule has 3 aromatic heterocycles. The number of rotatable bonds is 5. The van der Waals surface area contributed by atoms with Crippen LogP contribution < -0.4 is 10.1 Å². The minimum atomic E-state index is -4.79. The van der Waals surface area contributed by atoms with Gasteiger partial charge in [-0.25, -0.2) is 14.4 Å². The summed E-state index contributed by atoms with van der Waals surface area (Å²) in [6.07, 6.45) is 1.82. The Hall–Kier alpha value is -2.91. The van der Waals surface area contributed by atoms with E-state index in [0.29, 0.717) is 31.7 Å². The van der Waals surface area contributed by atoms with Crippen molar-refractivity contribution < 1.29 is 22.3 Å². The van der Waals surface area contributed by atoms with Gasteiger partial charge in [-0.1, -0.05) is 0 Å². The lowest BCUT2D eigenvalue weighted by atomic mass is 9.93. The van der Waals surface area contributed by atoms with E-state index in [1.54, 1.807) is 12.4 Å². The van der Waals surface area contributed by atoms with Gasteiger partial charge in [0.25, 0.3) is 5.88 Å². The lowest BCUT2D eigenvalue weighted by Gasteiger charge is -2.29. The molecule has 30 heavy (non-hydrogen) atoms. The molecule has 4 rings (SSSR count). The smallest absolute Gasteiger partial charge is 0.419 e. The largest absolute Gasteiger partial charge is 0.472 e. The van der Waals surface area contributed by atoms with Crippen LogP contribution in [0.3, 0.4) is 0 Å². The second-order valence-electron chi connectivity index (χ2n) is 7.27. The summed E-state index contributed by atoms with van der Waals surface area (Å²) in [6.45, 7) is 2.75. The summed E-state index contributed by atoms with van der Waals surface area (Å²) in [6, 6.07) is 2.69. The van der Waals surface area contributed by atoms with E-state index in [-0.39, 0.29) is 6.04 Å². The summed E-state index contributed by atoms with van der Waals surface area (Å²) < 4.78 is 60.2. The van der Waals surface area contributed by atoms with E-state index < -0.39 is 29.5 Å². The van der Waals surface area contributed by atoms with Crippen molar-refractivity contribution in [1.29, 1.82) is 0 Å². The molecular formula is C20H21F4N5O. The van der Waals surface area contributed by atoms with Gasteiger partial charge in [0.15, 0.2) is 5.82 Å². The van der Waals surface area contributed by atoms with E-state index in [0.717, 1.165) is 29.5 Å². The van der Waals surface area contributed by atoms with Crippen molar-refractivity contribution in [1.82, 2.24) is 19.7 Å². The highest BCUT2D eigenvalue weighted by molar-refractivity contribution is 5.80.